The number of nitrogens with zero attached hydrogens (tertiary/aromatic N) is 1. The standard InChI is InChI=1S/C9H15NO2/c1-7(2)3-4-10-5-8(6-10)9(11)12/h8H,1,3-6H2,2H3,(H,11,12). The molecule has 68 valence electrons. The van der Waals surface area contributed by atoms with Gasteiger partial charge in [0.15, 0.2) is 0 Å². The zero-order chi connectivity index (χ0) is 9.14. The van der Waals surface area contributed by atoms with E-state index in [1.54, 1.807) is 0 Å². The van der Waals surface area contributed by atoms with Crippen molar-refractivity contribution < 1.29 is 9.90 Å². The van der Waals surface area contributed by atoms with E-state index in [2.05, 4.69) is 11.5 Å². The number of rotatable bonds is 4. The van der Waals surface area contributed by atoms with Crippen LogP contribution in [-0.4, -0.2) is 35.6 Å². The maximum atomic E-state index is 10.4. The lowest BCUT2D eigenvalue weighted by Gasteiger charge is -2.36. The lowest BCUT2D eigenvalue weighted by atomic mass is 10.00. The summed E-state index contributed by atoms with van der Waals surface area (Å²) in [5.74, 6) is -0.795. The third kappa shape index (κ3) is 2.34. The fourth-order valence-electron chi connectivity index (χ4n) is 1.26. The number of carboxylic acids is 1. The molecule has 0 bridgehead atoms. The van der Waals surface area contributed by atoms with Crippen molar-refractivity contribution >= 4 is 5.97 Å². The third-order valence-electron chi connectivity index (χ3n) is 2.16. The SMILES string of the molecule is C=C(C)CCN1CC(C(=O)O)C1. The van der Waals surface area contributed by atoms with Gasteiger partial charge in [-0.05, 0) is 13.3 Å². The molecule has 0 aromatic rings. The molecule has 0 aromatic heterocycles. The van der Waals surface area contributed by atoms with Crippen molar-refractivity contribution in [3.8, 4) is 0 Å². The first-order valence-corrected chi connectivity index (χ1v) is 4.19. The van der Waals surface area contributed by atoms with Crippen molar-refractivity contribution in [1.29, 1.82) is 0 Å². The fourth-order valence-corrected chi connectivity index (χ4v) is 1.26. The van der Waals surface area contributed by atoms with E-state index in [0.29, 0.717) is 13.1 Å². The smallest absolute Gasteiger partial charge is 0.309 e. The topological polar surface area (TPSA) is 40.5 Å². The van der Waals surface area contributed by atoms with Crippen LogP contribution in [0, 0.1) is 5.92 Å². The van der Waals surface area contributed by atoms with Gasteiger partial charge in [-0.3, -0.25) is 4.79 Å². The number of hydrogen-bond donors (Lipinski definition) is 1. The first-order valence-electron chi connectivity index (χ1n) is 4.19. The number of likely N-dealkylation sites (tertiary alicyclic amines) is 1. The highest BCUT2D eigenvalue weighted by Crippen LogP contribution is 2.16. The molecule has 0 aliphatic carbocycles. The second kappa shape index (κ2) is 3.72. The summed E-state index contributed by atoms with van der Waals surface area (Å²) < 4.78 is 0. The van der Waals surface area contributed by atoms with Gasteiger partial charge in [0.25, 0.3) is 0 Å². The van der Waals surface area contributed by atoms with E-state index < -0.39 is 5.97 Å². The molecule has 1 aliphatic rings. The monoisotopic (exact) mass is 169 g/mol. The van der Waals surface area contributed by atoms with Crippen LogP contribution in [0.3, 0.4) is 0 Å². The largest absolute Gasteiger partial charge is 0.481 e. The Kier molecular flexibility index (Phi) is 2.87. The van der Waals surface area contributed by atoms with Crippen molar-refractivity contribution in [2.75, 3.05) is 19.6 Å². The Labute approximate surface area is 72.7 Å². The summed E-state index contributed by atoms with van der Waals surface area (Å²) in [6.07, 6.45) is 0.979. The fraction of sp³-hybridized carbons (Fsp3) is 0.667. The molecule has 0 aromatic carbocycles. The summed E-state index contributed by atoms with van der Waals surface area (Å²) in [4.78, 5) is 12.6. The summed E-state index contributed by atoms with van der Waals surface area (Å²) in [7, 11) is 0. The highest BCUT2D eigenvalue weighted by Gasteiger charge is 2.31. The molecule has 3 heteroatoms. The van der Waals surface area contributed by atoms with Crippen molar-refractivity contribution in [3.05, 3.63) is 12.2 Å². The molecule has 3 nitrogen and oxygen atoms in total. The summed E-state index contributed by atoms with van der Waals surface area (Å²) in [5.41, 5.74) is 1.16. The first-order chi connectivity index (χ1) is 5.59. The molecule has 0 amide bonds. The van der Waals surface area contributed by atoms with E-state index in [1.807, 2.05) is 6.92 Å². The molecule has 0 atom stereocenters. The lowest BCUT2D eigenvalue weighted by Crippen LogP contribution is -2.50. The predicted octanol–water partition coefficient (Wildman–Crippen LogP) is 0.969. The van der Waals surface area contributed by atoms with Gasteiger partial charge >= 0.3 is 5.97 Å². The number of carbonyl (C=O) groups is 1. The van der Waals surface area contributed by atoms with Crippen LogP contribution in [0.5, 0.6) is 0 Å². The molecule has 1 saturated heterocycles. The molecule has 12 heavy (non-hydrogen) atoms. The van der Waals surface area contributed by atoms with Crippen molar-refractivity contribution in [2.24, 2.45) is 5.92 Å². The van der Waals surface area contributed by atoms with Crippen LogP contribution in [0.4, 0.5) is 0 Å². The summed E-state index contributed by atoms with van der Waals surface area (Å²) in [6, 6.07) is 0. The molecule has 0 unspecified atom stereocenters. The van der Waals surface area contributed by atoms with Gasteiger partial charge in [-0.1, -0.05) is 5.57 Å². The van der Waals surface area contributed by atoms with Crippen LogP contribution in [0.25, 0.3) is 0 Å². The average molecular weight is 169 g/mol. The van der Waals surface area contributed by atoms with E-state index in [-0.39, 0.29) is 5.92 Å². The van der Waals surface area contributed by atoms with Crippen molar-refractivity contribution in [1.82, 2.24) is 4.90 Å². The molecule has 1 rings (SSSR count). The number of hydrogen-bond acceptors (Lipinski definition) is 2. The molecule has 1 N–H and O–H groups in total. The van der Waals surface area contributed by atoms with E-state index in [9.17, 15) is 4.79 Å². The van der Waals surface area contributed by atoms with Crippen molar-refractivity contribution in [3.63, 3.8) is 0 Å². The molecule has 1 heterocycles. The minimum atomic E-state index is -0.665. The Morgan fingerprint density at radius 1 is 1.67 bits per heavy atom. The highest BCUT2D eigenvalue weighted by atomic mass is 16.4. The van der Waals surface area contributed by atoms with E-state index >= 15 is 0 Å². The van der Waals surface area contributed by atoms with Crippen LogP contribution in [0.15, 0.2) is 12.2 Å². The highest BCUT2D eigenvalue weighted by molar-refractivity contribution is 5.71. The van der Waals surface area contributed by atoms with Crippen LogP contribution >= 0.6 is 0 Å². The second-order valence-electron chi connectivity index (χ2n) is 3.50. The Hall–Kier alpha value is -0.830. The molecule has 0 saturated carbocycles. The number of carboxylic acid groups (broad SMARTS) is 1. The van der Waals surface area contributed by atoms with Gasteiger partial charge in [0.2, 0.25) is 0 Å². The molecular formula is C9H15NO2. The minimum absolute atomic E-state index is 0.130. The summed E-state index contributed by atoms with van der Waals surface area (Å²) in [5, 5.41) is 8.58. The predicted molar refractivity (Wildman–Crippen MR) is 47.0 cm³/mol. The molecular weight excluding hydrogens is 154 g/mol. The van der Waals surface area contributed by atoms with Gasteiger partial charge < -0.3 is 10.0 Å². The van der Waals surface area contributed by atoms with Gasteiger partial charge in [-0.2, -0.15) is 0 Å². The van der Waals surface area contributed by atoms with E-state index in [4.69, 9.17) is 5.11 Å². The zero-order valence-electron chi connectivity index (χ0n) is 7.42. The summed E-state index contributed by atoms with van der Waals surface area (Å²) >= 11 is 0. The van der Waals surface area contributed by atoms with E-state index in [1.165, 1.54) is 0 Å². The normalized spacial score (nSPS) is 18.8. The van der Waals surface area contributed by atoms with Gasteiger partial charge in [-0.15, -0.1) is 6.58 Å². The second-order valence-corrected chi connectivity index (χ2v) is 3.50. The maximum absolute atomic E-state index is 10.4. The molecule has 1 aliphatic heterocycles. The van der Waals surface area contributed by atoms with Crippen LogP contribution in [-0.2, 0) is 4.79 Å². The Morgan fingerprint density at radius 3 is 2.67 bits per heavy atom. The van der Waals surface area contributed by atoms with Gasteiger partial charge in [0.1, 0.15) is 0 Å². The van der Waals surface area contributed by atoms with Crippen molar-refractivity contribution in [2.45, 2.75) is 13.3 Å². The maximum Gasteiger partial charge on any atom is 0.309 e. The van der Waals surface area contributed by atoms with E-state index in [0.717, 1.165) is 18.5 Å². The van der Waals surface area contributed by atoms with Crippen LogP contribution < -0.4 is 0 Å². The quantitative estimate of drug-likeness (QED) is 0.637. The first kappa shape index (κ1) is 9.26. The Balaban J connectivity index is 2.10. The minimum Gasteiger partial charge on any atom is -0.481 e. The van der Waals surface area contributed by atoms with Gasteiger partial charge in [0, 0.05) is 19.6 Å². The Bertz CT molecular complexity index is 192. The number of aliphatic carboxylic acids is 1. The average Bonchev–Trinajstić information content (AvgIpc) is 1.82. The van der Waals surface area contributed by atoms with Crippen LogP contribution in [0.2, 0.25) is 0 Å². The third-order valence-corrected chi connectivity index (χ3v) is 2.16. The molecule has 1 fully saturated rings. The van der Waals surface area contributed by atoms with Gasteiger partial charge in [0.05, 0.1) is 5.92 Å². The lowest BCUT2D eigenvalue weighted by molar-refractivity contribution is -0.147. The zero-order valence-corrected chi connectivity index (χ0v) is 7.42. The molecule has 0 spiro atoms. The Morgan fingerprint density at radius 2 is 2.25 bits per heavy atom. The van der Waals surface area contributed by atoms with Gasteiger partial charge in [-0.25, -0.2) is 0 Å². The summed E-state index contributed by atoms with van der Waals surface area (Å²) in [6.45, 7) is 8.17. The molecule has 0 radical (unpaired) electrons. The van der Waals surface area contributed by atoms with Crippen LogP contribution in [0.1, 0.15) is 13.3 Å².